The fourth-order valence-corrected chi connectivity index (χ4v) is 3.43. The molecule has 5 rings (SSSR count). The van der Waals surface area contributed by atoms with Gasteiger partial charge in [-0.25, -0.2) is 0 Å². The molecule has 2 atom stereocenters. The summed E-state index contributed by atoms with van der Waals surface area (Å²) in [6.45, 7) is 0. The molecule has 0 spiro atoms. The van der Waals surface area contributed by atoms with Gasteiger partial charge in [-0.2, -0.15) is 0 Å². The summed E-state index contributed by atoms with van der Waals surface area (Å²) >= 11 is 0. The number of benzene rings is 3. The highest BCUT2D eigenvalue weighted by atomic mass is 16.6. The molecular formula is C22H14O4. The molecule has 1 fully saturated rings. The Balaban J connectivity index is 1.52. The zero-order chi connectivity index (χ0) is 17.7. The molecule has 1 aromatic heterocycles. The van der Waals surface area contributed by atoms with Crippen molar-refractivity contribution in [1.29, 1.82) is 0 Å². The van der Waals surface area contributed by atoms with Crippen molar-refractivity contribution in [3.8, 4) is 0 Å². The van der Waals surface area contributed by atoms with Crippen LogP contribution in [-0.2, 0) is 4.74 Å². The van der Waals surface area contributed by atoms with Gasteiger partial charge in [-0.05, 0) is 22.9 Å². The minimum absolute atomic E-state index is 0.112. The predicted octanol–water partition coefficient (Wildman–Crippen LogP) is 4.27. The van der Waals surface area contributed by atoms with E-state index in [1.807, 2.05) is 42.5 Å². The molecule has 26 heavy (non-hydrogen) atoms. The van der Waals surface area contributed by atoms with E-state index in [4.69, 9.17) is 9.15 Å². The van der Waals surface area contributed by atoms with Gasteiger partial charge >= 0.3 is 0 Å². The maximum atomic E-state index is 12.9. The van der Waals surface area contributed by atoms with Gasteiger partial charge in [0.1, 0.15) is 18.0 Å². The van der Waals surface area contributed by atoms with Crippen LogP contribution < -0.4 is 5.43 Å². The summed E-state index contributed by atoms with van der Waals surface area (Å²) in [5, 5.41) is 2.39. The normalized spacial score (nSPS) is 18.9. The fourth-order valence-electron chi connectivity index (χ4n) is 3.43. The van der Waals surface area contributed by atoms with Crippen LogP contribution in [0.5, 0.6) is 0 Å². The molecule has 4 nitrogen and oxygen atoms in total. The van der Waals surface area contributed by atoms with E-state index < -0.39 is 12.2 Å². The molecule has 0 unspecified atom stereocenters. The van der Waals surface area contributed by atoms with E-state index >= 15 is 0 Å². The van der Waals surface area contributed by atoms with Crippen molar-refractivity contribution in [3.63, 3.8) is 0 Å². The Kier molecular flexibility index (Phi) is 3.27. The predicted molar refractivity (Wildman–Crippen MR) is 98.4 cm³/mol. The molecule has 0 radical (unpaired) electrons. The molecule has 0 aliphatic carbocycles. The minimum atomic E-state index is -0.648. The first-order valence-corrected chi connectivity index (χ1v) is 8.42. The Labute approximate surface area is 148 Å². The number of carbonyl (C=O) groups excluding carboxylic acids is 1. The molecule has 4 heteroatoms. The van der Waals surface area contributed by atoms with Crippen LogP contribution in [0.2, 0.25) is 0 Å². The smallest absolute Gasteiger partial charge is 0.198 e. The van der Waals surface area contributed by atoms with E-state index in [9.17, 15) is 9.59 Å². The third-order valence-electron chi connectivity index (χ3n) is 4.82. The van der Waals surface area contributed by atoms with Crippen LogP contribution >= 0.6 is 0 Å². The first-order valence-electron chi connectivity index (χ1n) is 8.42. The van der Waals surface area contributed by atoms with Crippen molar-refractivity contribution in [2.75, 3.05) is 0 Å². The number of Topliss-reactive ketones (excluding diaryl/α,β-unsaturated/α-hetero) is 1. The molecule has 1 saturated heterocycles. The van der Waals surface area contributed by atoms with Crippen molar-refractivity contribution >= 4 is 27.5 Å². The lowest BCUT2D eigenvalue weighted by Crippen LogP contribution is -2.13. The highest BCUT2D eigenvalue weighted by Crippen LogP contribution is 2.40. The van der Waals surface area contributed by atoms with Gasteiger partial charge < -0.3 is 9.15 Å². The summed E-state index contributed by atoms with van der Waals surface area (Å²) in [7, 11) is 0. The first-order chi connectivity index (χ1) is 12.7. The van der Waals surface area contributed by atoms with E-state index in [1.54, 1.807) is 24.3 Å². The Morgan fingerprint density at radius 1 is 0.846 bits per heavy atom. The van der Waals surface area contributed by atoms with Crippen molar-refractivity contribution in [3.05, 3.63) is 94.3 Å². The molecule has 1 aliphatic heterocycles. The van der Waals surface area contributed by atoms with Gasteiger partial charge in [-0.15, -0.1) is 0 Å². The number of fused-ring (bicyclic) bond motifs is 2. The molecule has 0 N–H and O–H groups in total. The molecular weight excluding hydrogens is 328 g/mol. The Bertz CT molecular complexity index is 1220. The lowest BCUT2D eigenvalue weighted by Gasteiger charge is -2.04. The van der Waals surface area contributed by atoms with Gasteiger partial charge in [0.05, 0.1) is 10.9 Å². The summed E-state index contributed by atoms with van der Waals surface area (Å²) in [6.07, 6.45) is 0.207. The van der Waals surface area contributed by atoms with Gasteiger partial charge in [-0.1, -0.05) is 54.6 Å². The summed E-state index contributed by atoms with van der Waals surface area (Å²) < 4.78 is 11.1. The Hall–Kier alpha value is -3.24. The molecule has 4 aromatic rings. The van der Waals surface area contributed by atoms with Crippen LogP contribution in [0, 0.1) is 0 Å². The second kappa shape index (κ2) is 5.64. The highest BCUT2D eigenvalue weighted by molar-refractivity contribution is 6.11. The molecule has 3 aromatic carbocycles. The quantitative estimate of drug-likeness (QED) is 0.412. The van der Waals surface area contributed by atoms with Crippen LogP contribution in [0.4, 0.5) is 0 Å². The number of rotatable bonds is 3. The largest absolute Gasteiger partial charge is 0.464 e. The average molecular weight is 342 g/mol. The van der Waals surface area contributed by atoms with Crippen LogP contribution in [0.3, 0.4) is 0 Å². The van der Waals surface area contributed by atoms with E-state index in [1.165, 1.54) is 6.26 Å². The minimum Gasteiger partial charge on any atom is -0.464 e. The van der Waals surface area contributed by atoms with Gasteiger partial charge in [0.2, 0.25) is 0 Å². The zero-order valence-corrected chi connectivity index (χ0v) is 13.7. The SMILES string of the molecule is O=C(c1cccc2ccccc12)[C@@H]1O[C@H]1c1coc2ccccc2c1=O. The van der Waals surface area contributed by atoms with Gasteiger partial charge in [0.25, 0.3) is 0 Å². The maximum Gasteiger partial charge on any atom is 0.198 e. The van der Waals surface area contributed by atoms with E-state index in [-0.39, 0.29) is 11.2 Å². The van der Waals surface area contributed by atoms with Crippen LogP contribution in [0.15, 0.2) is 82.2 Å². The third kappa shape index (κ3) is 2.27. The van der Waals surface area contributed by atoms with Gasteiger partial charge in [-0.3, -0.25) is 9.59 Å². The van der Waals surface area contributed by atoms with Crippen LogP contribution in [0.25, 0.3) is 21.7 Å². The molecule has 0 amide bonds. The Morgan fingerprint density at radius 3 is 2.46 bits per heavy atom. The number of ketones is 1. The van der Waals surface area contributed by atoms with Crippen molar-refractivity contribution < 1.29 is 13.9 Å². The number of para-hydroxylation sites is 1. The zero-order valence-electron chi connectivity index (χ0n) is 13.7. The van der Waals surface area contributed by atoms with Gasteiger partial charge in [0.15, 0.2) is 17.3 Å². The summed E-state index contributed by atoms with van der Waals surface area (Å²) in [6, 6.07) is 20.4. The number of ether oxygens (including phenoxy) is 1. The number of hydrogen-bond donors (Lipinski definition) is 0. The van der Waals surface area contributed by atoms with Crippen LogP contribution in [-0.4, -0.2) is 11.9 Å². The standard InChI is InChI=1S/C22H14O4/c23-19-16-9-3-4-11-18(16)25-12-17(19)21-22(26-21)20(24)15-10-5-7-13-6-1-2-8-14(13)15/h1-12,21-22H/t21-,22-/m0/s1. The average Bonchev–Trinajstić information content (AvgIpc) is 3.48. The second-order valence-electron chi connectivity index (χ2n) is 6.38. The summed E-state index contributed by atoms with van der Waals surface area (Å²) in [5.74, 6) is -0.112. The van der Waals surface area contributed by atoms with Crippen LogP contribution in [0.1, 0.15) is 22.0 Å². The number of epoxide rings is 1. The monoisotopic (exact) mass is 342 g/mol. The first kappa shape index (κ1) is 15.0. The van der Waals surface area contributed by atoms with E-state index in [0.717, 1.165) is 10.8 Å². The molecule has 1 aliphatic rings. The van der Waals surface area contributed by atoms with E-state index in [2.05, 4.69) is 0 Å². The lowest BCUT2D eigenvalue weighted by molar-refractivity contribution is 0.0955. The second-order valence-corrected chi connectivity index (χ2v) is 6.38. The lowest BCUT2D eigenvalue weighted by atomic mass is 9.97. The third-order valence-corrected chi connectivity index (χ3v) is 4.82. The number of carbonyl (C=O) groups is 1. The number of hydrogen-bond acceptors (Lipinski definition) is 4. The van der Waals surface area contributed by atoms with Gasteiger partial charge in [0, 0.05) is 5.56 Å². The summed E-state index contributed by atoms with van der Waals surface area (Å²) in [5.41, 5.74) is 1.38. The van der Waals surface area contributed by atoms with Crippen molar-refractivity contribution in [2.24, 2.45) is 0 Å². The maximum absolute atomic E-state index is 12.9. The molecule has 126 valence electrons. The Morgan fingerprint density at radius 2 is 1.58 bits per heavy atom. The summed E-state index contributed by atoms with van der Waals surface area (Å²) in [4.78, 5) is 25.6. The van der Waals surface area contributed by atoms with Crippen molar-refractivity contribution in [2.45, 2.75) is 12.2 Å². The fraction of sp³-hybridized carbons (Fsp3) is 0.0909. The van der Waals surface area contributed by atoms with Crippen molar-refractivity contribution in [1.82, 2.24) is 0 Å². The molecule has 0 saturated carbocycles. The topological polar surface area (TPSA) is 59.8 Å². The molecule has 2 heterocycles. The molecule has 0 bridgehead atoms. The van der Waals surface area contributed by atoms with E-state index in [0.29, 0.717) is 22.1 Å². The highest BCUT2D eigenvalue weighted by Gasteiger charge is 2.48.